The Morgan fingerprint density at radius 2 is 1.96 bits per heavy atom. The number of Topliss-reactive ketones (excluding diaryl/α,β-unsaturated/α-hetero) is 1. The number of ketones is 1. The SMILES string of the molecule is CC(C)=CCC/C(C)=C/[C@H]1OC(=O)CC12C[C@H](O)[C@@H](O)CC2=O. The minimum absolute atomic E-state index is 0.0158. The number of ether oxygens (including phenoxy) is 1. The maximum atomic E-state index is 12.5. The normalized spacial score (nSPS) is 34.7. The van der Waals surface area contributed by atoms with E-state index in [9.17, 15) is 19.8 Å². The number of hydrogen-bond acceptors (Lipinski definition) is 5. The van der Waals surface area contributed by atoms with Crippen LogP contribution in [0.4, 0.5) is 0 Å². The van der Waals surface area contributed by atoms with Crippen LogP contribution in [-0.2, 0) is 14.3 Å². The van der Waals surface area contributed by atoms with E-state index in [4.69, 9.17) is 4.74 Å². The first-order valence-corrected chi connectivity index (χ1v) is 8.14. The fourth-order valence-electron chi connectivity index (χ4n) is 3.38. The fourth-order valence-corrected chi connectivity index (χ4v) is 3.38. The molecule has 0 aromatic rings. The maximum Gasteiger partial charge on any atom is 0.307 e. The molecule has 2 aliphatic rings. The molecule has 0 amide bonds. The Labute approximate surface area is 137 Å². The van der Waals surface area contributed by atoms with Crippen LogP contribution in [0.2, 0.25) is 0 Å². The van der Waals surface area contributed by atoms with Gasteiger partial charge in [-0.25, -0.2) is 0 Å². The van der Waals surface area contributed by atoms with E-state index in [1.54, 1.807) is 0 Å². The molecule has 1 saturated heterocycles. The van der Waals surface area contributed by atoms with Crippen molar-refractivity contribution in [2.75, 3.05) is 0 Å². The van der Waals surface area contributed by atoms with Gasteiger partial charge in [-0.2, -0.15) is 0 Å². The standard InChI is InChI=1S/C18H26O5/c1-11(2)5-4-6-12(3)7-16-18(10-17(22)23-16)9-14(20)13(19)8-15(18)21/h5,7,13-14,16,19-20H,4,6,8-10H2,1-3H3/b12-7+/t13-,14-,16+,18?/m0/s1. The van der Waals surface area contributed by atoms with E-state index in [0.717, 1.165) is 18.4 Å². The summed E-state index contributed by atoms with van der Waals surface area (Å²) >= 11 is 0. The van der Waals surface area contributed by atoms with Gasteiger partial charge in [-0.3, -0.25) is 9.59 Å². The summed E-state index contributed by atoms with van der Waals surface area (Å²) in [5.41, 5.74) is 1.28. The molecule has 5 heteroatoms. The van der Waals surface area contributed by atoms with Gasteiger partial charge in [0.05, 0.1) is 24.0 Å². The van der Waals surface area contributed by atoms with E-state index in [1.165, 1.54) is 5.57 Å². The van der Waals surface area contributed by atoms with Gasteiger partial charge >= 0.3 is 5.97 Å². The molecule has 23 heavy (non-hydrogen) atoms. The van der Waals surface area contributed by atoms with Crippen LogP contribution in [0.1, 0.15) is 52.9 Å². The molecule has 4 atom stereocenters. The number of allylic oxidation sites excluding steroid dienone is 3. The summed E-state index contributed by atoms with van der Waals surface area (Å²) in [5.74, 6) is -0.611. The van der Waals surface area contributed by atoms with Gasteiger partial charge in [0, 0.05) is 6.42 Å². The minimum atomic E-state index is -1.05. The van der Waals surface area contributed by atoms with Gasteiger partial charge in [0.1, 0.15) is 11.9 Å². The van der Waals surface area contributed by atoms with Crippen LogP contribution in [0.3, 0.4) is 0 Å². The fraction of sp³-hybridized carbons (Fsp3) is 0.667. The van der Waals surface area contributed by atoms with Crippen molar-refractivity contribution in [3.8, 4) is 0 Å². The second-order valence-electron chi connectivity index (χ2n) is 7.04. The lowest BCUT2D eigenvalue weighted by Crippen LogP contribution is -2.50. The van der Waals surface area contributed by atoms with Crippen molar-refractivity contribution in [3.63, 3.8) is 0 Å². The summed E-state index contributed by atoms with van der Waals surface area (Å²) in [5, 5.41) is 19.6. The van der Waals surface area contributed by atoms with Gasteiger partial charge in [-0.05, 0) is 46.1 Å². The van der Waals surface area contributed by atoms with Crippen LogP contribution in [0.25, 0.3) is 0 Å². The molecule has 5 nitrogen and oxygen atoms in total. The smallest absolute Gasteiger partial charge is 0.307 e. The third-order valence-electron chi connectivity index (χ3n) is 4.76. The summed E-state index contributed by atoms with van der Waals surface area (Å²) < 4.78 is 5.36. The summed E-state index contributed by atoms with van der Waals surface area (Å²) in [7, 11) is 0. The third-order valence-corrected chi connectivity index (χ3v) is 4.76. The van der Waals surface area contributed by atoms with Crippen LogP contribution in [-0.4, -0.2) is 40.3 Å². The molecule has 1 spiro atoms. The number of carbonyl (C=O) groups excluding carboxylic acids is 2. The molecular weight excluding hydrogens is 296 g/mol. The lowest BCUT2D eigenvalue weighted by atomic mass is 9.66. The number of cyclic esters (lactones) is 1. The van der Waals surface area contributed by atoms with Gasteiger partial charge in [-0.15, -0.1) is 0 Å². The largest absolute Gasteiger partial charge is 0.457 e. The highest BCUT2D eigenvalue weighted by Crippen LogP contribution is 2.46. The number of rotatable bonds is 4. The van der Waals surface area contributed by atoms with Crippen LogP contribution in [0.15, 0.2) is 23.3 Å². The topological polar surface area (TPSA) is 83.8 Å². The van der Waals surface area contributed by atoms with E-state index in [2.05, 4.69) is 6.08 Å². The second-order valence-corrected chi connectivity index (χ2v) is 7.04. The molecule has 1 saturated carbocycles. The van der Waals surface area contributed by atoms with Crippen molar-refractivity contribution in [2.45, 2.75) is 71.2 Å². The molecule has 1 heterocycles. The quantitative estimate of drug-likeness (QED) is 0.611. The van der Waals surface area contributed by atoms with Gasteiger partial charge in [0.25, 0.3) is 0 Å². The molecule has 128 valence electrons. The van der Waals surface area contributed by atoms with Crippen LogP contribution >= 0.6 is 0 Å². The molecule has 0 radical (unpaired) electrons. The molecule has 2 fully saturated rings. The molecule has 0 aromatic heterocycles. The van der Waals surface area contributed by atoms with Crippen molar-refractivity contribution in [1.82, 2.24) is 0 Å². The number of aliphatic hydroxyl groups is 2. The van der Waals surface area contributed by atoms with Gasteiger partial charge in [-0.1, -0.05) is 17.2 Å². The van der Waals surface area contributed by atoms with Gasteiger partial charge in [0.15, 0.2) is 0 Å². The van der Waals surface area contributed by atoms with E-state index in [0.29, 0.717) is 0 Å². The second kappa shape index (κ2) is 6.97. The predicted molar refractivity (Wildman–Crippen MR) is 85.6 cm³/mol. The van der Waals surface area contributed by atoms with Gasteiger partial charge < -0.3 is 14.9 Å². The number of hydrogen-bond donors (Lipinski definition) is 2. The van der Waals surface area contributed by atoms with E-state index >= 15 is 0 Å². The van der Waals surface area contributed by atoms with E-state index in [1.807, 2.05) is 26.8 Å². The maximum absolute atomic E-state index is 12.5. The summed E-state index contributed by atoms with van der Waals surface area (Å²) in [6.45, 7) is 6.04. The zero-order valence-corrected chi connectivity index (χ0v) is 14.0. The summed E-state index contributed by atoms with van der Waals surface area (Å²) in [4.78, 5) is 24.3. The minimum Gasteiger partial charge on any atom is -0.457 e. The highest BCUT2D eigenvalue weighted by molar-refractivity contribution is 5.93. The lowest BCUT2D eigenvalue weighted by molar-refractivity contribution is -0.146. The predicted octanol–water partition coefficient (Wildman–Crippen LogP) is 2.07. The highest BCUT2D eigenvalue weighted by atomic mass is 16.6. The summed E-state index contributed by atoms with van der Waals surface area (Å²) in [6, 6.07) is 0. The van der Waals surface area contributed by atoms with Gasteiger partial charge in [0.2, 0.25) is 0 Å². The Balaban J connectivity index is 2.17. The Morgan fingerprint density at radius 3 is 2.61 bits per heavy atom. The monoisotopic (exact) mass is 322 g/mol. The van der Waals surface area contributed by atoms with Crippen molar-refractivity contribution >= 4 is 11.8 Å². The molecule has 1 unspecified atom stereocenters. The molecule has 0 aromatic carbocycles. The van der Waals surface area contributed by atoms with Crippen LogP contribution in [0.5, 0.6) is 0 Å². The van der Waals surface area contributed by atoms with E-state index in [-0.39, 0.29) is 25.0 Å². The Kier molecular flexibility index (Phi) is 5.42. The molecule has 0 bridgehead atoms. The average Bonchev–Trinajstić information content (AvgIpc) is 2.73. The molecule has 1 aliphatic carbocycles. The first-order valence-electron chi connectivity index (χ1n) is 8.14. The zero-order chi connectivity index (χ0) is 17.2. The third kappa shape index (κ3) is 3.90. The Morgan fingerprint density at radius 1 is 1.26 bits per heavy atom. The van der Waals surface area contributed by atoms with Crippen molar-refractivity contribution in [3.05, 3.63) is 23.3 Å². The first kappa shape index (κ1) is 17.9. The molecular formula is C18H26O5. The van der Waals surface area contributed by atoms with Crippen molar-refractivity contribution < 1.29 is 24.5 Å². The lowest BCUT2D eigenvalue weighted by Gasteiger charge is -2.38. The number of carbonyl (C=O) groups is 2. The molecule has 1 aliphatic heterocycles. The highest BCUT2D eigenvalue weighted by Gasteiger charge is 2.57. The first-order chi connectivity index (χ1) is 10.7. The summed E-state index contributed by atoms with van der Waals surface area (Å²) in [6.07, 6.45) is 2.94. The number of aliphatic hydroxyl groups excluding tert-OH is 2. The molecule has 2 rings (SSSR count). The van der Waals surface area contributed by atoms with Crippen molar-refractivity contribution in [1.29, 1.82) is 0 Å². The van der Waals surface area contributed by atoms with Crippen LogP contribution < -0.4 is 0 Å². The number of esters is 1. The molecule has 2 N–H and O–H groups in total. The Hall–Kier alpha value is -1.46. The zero-order valence-electron chi connectivity index (χ0n) is 14.0. The van der Waals surface area contributed by atoms with Crippen molar-refractivity contribution in [2.24, 2.45) is 5.41 Å². The van der Waals surface area contributed by atoms with Crippen LogP contribution in [0, 0.1) is 5.41 Å². The average molecular weight is 322 g/mol. The van der Waals surface area contributed by atoms with E-state index < -0.39 is 29.7 Å². The Bertz CT molecular complexity index is 544.